The van der Waals surface area contributed by atoms with Crippen molar-refractivity contribution in [1.29, 1.82) is 0 Å². The summed E-state index contributed by atoms with van der Waals surface area (Å²) in [5.41, 5.74) is 1.23. The molecule has 0 atom stereocenters. The number of ether oxygens (including phenoxy) is 2. The van der Waals surface area contributed by atoms with E-state index in [0.717, 1.165) is 6.07 Å². The highest BCUT2D eigenvalue weighted by atomic mass is 79.9. The molecule has 2 aromatic carbocycles. The van der Waals surface area contributed by atoms with Gasteiger partial charge in [0.2, 0.25) is 0 Å². The monoisotopic (exact) mass is 366 g/mol. The zero-order chi connectivity index (χ0) is 16.1. The number of hydrogen-bond acceptors (Lipinski definition) is 4. The van der Waals surface area contributed by atoms with Gasteiger partial charge in [0, 0.05) is 4.47 Å². The summed E-state index contributed by atoms with van der Waals surface area (Å²) in [5, 5.41) is 0. The fourth-order valence-corrected chi connectivity index (χ4v) is 2.14. The predicted octanol–water partition coefficient (Wildman–Crippen LogP) is 3.73. The first kappa shape index (κ1) is 16.2. The molecule has 4 nitrogen and oxygen atoms in total. The third-order valence-electron chi connectivity index (χ3n) is 2.89. The van der Waals surface area contributed by atoms with Crippen LogP contribution in [-0.4, -0.2) is 19.0 Å². The lowest BCUT2D eigenvalue weighted by molar-refractivity contribution is 0.0469. The van der Waals surface area contributed by atoms with Crippen LogP contribution in [-0.2, 0) is 16.1 Å². The minimum atomic E-state index is -0.636. The first-order valence-corrected chi connectivity index (χ1v) is 7.10. The van der Waals surface area contributed by atoms with Gasteiger partial charge in [0.25, 0.3) is 0 Å². The molecule has 0 unspecified atom stereocenters. The molecule has 0 aliphatic heterocycles. The second-order valence-electron chi connectivity index (χ2n) is 4.39. The maximum Gasteiger partial charge on any atom is 0.339 e. The molecule has 0 spiro atoms. The molecule has 0 amide bonds. The highest BCUT2D eigenvalue weighted by molar-refractivity contribution is 9.10. The highest BCUT2D eigenvalue weighted by Crippen LogP contribution is 2.19. The minimum Gasteiger partial charge on any atom is -0.465 e. The molecule has 0 aliphatic rings. The van der Waals surface area contributed by atoms with E-state index in [1.54, 1.807) is 24.3 Å². The van der Waals surface area contributed by atoms with E-state index in [9.17, 15) is 14.0 Å². The standard InChI is InChI=1S/C16H12BrFO4/c1-21-15(19)11-4-2-10(3-5-11)9-22-16(20)13-8-12(18)6-7-14(13)17/h2-8H,9H2,1H3. The van der Waals surface area contributed by atoms with Crippen LogP contribution >= 0.6 is 15.9 Å². The van der Waals surface area contributed by atoms with Crippen LogP contribution in [0.2, 0.25) is 0 Å². The largest absolute Gasteiger partial charge is 0.465 e. The normalized spacial score (nSPS) is 10.1. The Bertz CT molecular complexity index is 698. The molecule has 0 saturated heterocycles. The van der Waals surface area contributed by atoms with E-state index in [2.05, 4.69) is 20.7 Å². The summed E-state index contributed by atoms with van der Waals surface area (Å²) < 4.78 is 23.3. The Kier molecular flexibility index (Phi) is 5.27. The molecule has 22 heavy (non-hydrogen) atoms. The van der Waals surface area contributed by atoms with Crippen molar-refractivity contribution in [2.75, 3.05) is 7.11 Å². The van der Waals surface area contributed by atoms with E-state index in [1.807, 2.05) is 0 Å². The highest BCUT2D eigenvalue weighted by Gasteiger charge is 2.13. The molecule has 2 aromatic rings. The van der Waals surface area contributed by atoms with E-state index in [4.69, 9.17) is 4.74 Å². The average Bonchev–Trinajstić information content (AvgIpc) is 2.54. The van der Waals surface area contributed by atoms with Crippen molar-refractivity contribution in [2.24, 2.45) is 0 Å². The summed E-state index contributed by atoms with van der Waals surface area (Å²) in [6.07, 6.45) is 0. The molecule has 6 heteroatoms. The average molecular weight is 367 g/mol. The SMILES string of the molecule is COC(=O)c1ccc(COC(=O)c2cc(F)ccc2Br)cc1. The number of carbonyl (C=O) groups excluding carboxylic acids is 2. The van der Waals surface area contributed by atoms with Gasteiger partial charge >= 0.3 is 11.9 Å². The molecule has 0 fully saturated rings. The lowest BCUT2D eigenvalue weighted by Crippen LogP contribution is -2.07. The van der Waals surface area contributed by atoms with Gasteiger partial charge in [-0.05, 0) is 51.8 Å². The summed E-state index contributed by atoms with van der Waals surface area (Å²) in [4.78, 5) is 23.2. The molecule has 0 heterocycles. The number of carbonyl (C=O) groups is 2. The van der Waals surface area contributed by atoms with Gasteiger partial charge in [-0.25, -0.2) is 14.0 Å². The van der Waals surface area contributed by atoms with Gasteiger partial charge in [-0.3, -0.25) is 0 Å². The van der Waals surface area contributed by atoms with Gasteiger partial charge in [-0.2, -0.15) is 0 Å². The zero-order valence-electron chi connectivity index (χ0n) is 11.6. The first-order chi connectivity index (χ1) is 10.5. The van der Waals surface area contributed by atoms with Crippen molar-refractivity contribution >= 4 is 27.9 Å². The number of benzene rings is 2. The summed E-state index contributed by atoms with van der Waals surface area (Å²) in [7, 11) is 1.30. The van der Waals surface area contributed by atoms with E-state index in [-0.39, 0.29) is 12.2 Å². The zero-order valence-corrected chi connectivity index (χ0v) is 13.2. The third-order valence-corrected chi connectivity index (χ3v) is 3.58. The van der Waals surface area contributed by atoms with Crippen LogP contribution in [0.5, 0.6) is 0 Å². The lowest BCUT2D eigenvalue weighted by Gasteiger charge is -2.07. The Labute approximate surface area is 135 Å². The fourth-order valence-electron chi connectivity index (χ4n) is 1.74. The summed E-state index contributed by atoms with van der Waals surface area (Å²) in [6, 6.07) is 10.2. The molecule has 0 N–H and O–H groups in total. The molecule has 0 bridgehead atoms. The van der Waals surface area contributed by atoms with Gasteiger partial charge in [0.05, 0.1) is 18.2 Å². The van der Waals surface area contributed by atoms with Gasteiger partial charge in [-0.15, -0.1) is 0 Å². The smallest absolute Gasteiger partial charge is 0.339 e. The van der Waals surface area contributed by atoms with Crippen LogP contribution in [0.3, 0.4) is 0 Å². The Morgan fingerprint density at radius 1 is 1.09 bits per heavy atom. The van der Waals surface area contributed by atoms with Gasteiger partial charge in [0.1, 0.15) is 12.4 Å². The van der Waals surface area contributed by atoms with E-state index in [1.165, 1.54) is 19.2 Å². The van der Waals surface area contributed by atoms with Crippen molar-refractivity contribution < 1.29 is 23.5 Å². The Hall–Kier alpha value is -2.21. The molecule has 0 aliphatic carbocycles. The van der Waals surface area contributed by atoms with Crippen LogP contribution in [0.15, 0.2) is 46.9 Å². The molecular formula is C16H12BrFO4. The van der Waals surface area contributed by atoms with Crippen LogP contribution in [0.4, 0.5) is 4.39 Å². The van der Waals surface area contributed by atoms with E-state index in [0.29, 0.717) is 15.6 Å². The molecular weight excluding hydrogens is 355 g/mol. The number of methoxy groups -OCH3 is 1. The van der Waals surface area contributed by atoms with Crippen molar-refractivity contribution in [3.8, 4) is 0 Å². The van der Waals surface area contributed by atoms with E-state index < -0.39 is 17.8 Å². The van der Waals surface area contributed by atoms with Crippen molar-refractivity contribution in [3.63, 3.8) is 0 Å². The Balaban J connectivity index is 2.02. The number of rotatable bonds is 4. The molecule has 0 saturated carbocycles. The summed E-state index contributed by atoms with van der Waals surface area (Å²) in [5.74, 6) is -1.59. The van der Waals surface area contributed by atoms with Crippen molar-refractivity contribution in [1.82, 2.24) is 0 Å². The maximum absolute atomic E-state index is 13.2. The second-order valence-corrected chi connectivity index (χ2v) is 5.24. The van der Waals surface area contributed by atoms with Gasteiger partial charge in [0.15, 0.2) is 0 Å². The molecule has 0 aromatic heterocycles. The van der Waals surface area contributed by atoms with Gasteiger partial charge in [-0.1, -0.05) is 12.1 Å². The molecule has 0 radical (unpaired) electrons. The van der Waals surface area contributed by atoms with Crippen LogP contribution in [0.25, 0.3) is 0 Å². The topological polar surface area (TPSA) is 52.6 Å². The predicted molar refractivity (Wildman–Crippen MR) is 81.0 cm³/mol. The molecule has 114 valence electrons. The first-order valence-electron chi connectivity index (χ1n) is 6.30. The maximum atomic E-state index is 13.2. The fraction of sp³-hybridized carbons (Fsp3) is 0.125. The second kappa shape index (κ2) is 7.17. The minimum absolute atomic E-state index is 0.0171. The summed E-state index contributed by atoms with van der Waals surface area (Å²) >= 11 is 3.17. The number of esters is 2. The molecule has 2 rings (SSSR count). The summed E-state index contributed by atoms with van der Waals surface area (Å²) in [6.45, 7) is 0.0171. The number of hydrogen-bond donors (Lipinski definition) is 0. The quantitative estimate of drug-likeness (QED) is 0.773. The third kappa shape index (κ3) is 3.92. The van der Waals surface area contributed by atoms with E-state index >= 15 is 0 Å². The van der Waals surface area contributed by atoms with Crippen molar-refractivity contribution in [3.05, 3.63) is 69.4 Å². The van der Waals surface area contributed by atoms with Crippen LogP contribution in [0, 0.1) is 5.82 Å². The Morgan fingerprint density at radius 2 is 1.77 bits per heavy atom. The lowest BCUT2D eigenvalue weighted by atomic mass is 10.1. The van der Waals surface area contributed by atoms with Crippen LogP contribution in [0.1, 0.15) is 26.3 Å². The Morgan fingerprint density at radius 3 is 2.41 bits per heavy atom. The number of halogens is 2. The van der Waals surface area contributed by atoms with Crippen LogP contribution < -0.4 is 0 Å². The van der Waals surface area contributed by atoms with Gasteiger partial charge < -0.3 is 9.47 Å². The van der Waals surface area contributed by atoms with Crippen molar-refractivity contribution in [2.45, 2.75) is 6.61 Å².